The fourth-order valence-electron chi connectivity index (χ4n) is 2.88. The molecule has 6 nitrogen and oxygen atoms in total. The first-order valence-electron chi connectivity index (χ1n) is 7.76. The lowest BCUT2D eigenvalue weighted by Gasteiger charge is -2.21. The maximum atomic E-state index is 12.3. The van der Waals surface area contributed by atoms with E-state index in [1.54, 1.807) is 19.1 Å². The molecule has 1 amide bonds. The van der Waals surface area contributed by atoms with Gasteiger partial charge < -0.3 is 19.5 Å². The van der Waals surface area contributed by atoms with Crippen molar-refractivity contribution in [3.8, 4) is 11.5 Å². The number of likely N-dealkylation sites (N-methyl/N-ethyl adjacent to an activating group) is 1. The van der Waals surface area contributed by atoms with Crippen molar-refractivity contribution in [1.29, 1.82) is 0 Å². The predicted molar refractivity (Wildman–Crippen MR) is 84.6 cm³/mol. The number of hydrogen-bond acceptors (Lipinski definition) is 4. The Bertz CT molecular complexity index is 560. The number of nitrogens with zero attached hydrogens (tertiary/aromatic N) is 1. The molecule has 2 rings (SSSR count). The zero-order valence-corrected chi connectivity index (χ0v) is 13.5. The molecule has 1 aromatic rings. The van der Waals surface area contributed by atoms with Gasteiger partial charge in [0.15, 0.2) is 11.5 Å². The molecule has 0 aliphatic heterocycles. The second-order valence-electron chi connectivity index (χ2n) is 5.80. The molecule has 0 saturated heterocycles. The van der Waals surface area contributed by atoms with E-state index in [-0.39, 0.29) is 17.7 Å². The van der Waals surface area contributed by atoms with Gasteiger partial charge in [0.25, 0.3) is 0 Å². The van der Waals surface area contributed by atoms with Crippen molar-refractivity contribution in [3.63, 3.8) is 0 Å². The van der Waals surface area contributed by atoms with E-state index in [4.69, 9.17) is 14.6 Å². The molecule has 1 fully saturated rings. The summed E-state index contributed by atoms with van der Waals surface area (Å²) in [6, 6.07) is 7.35. The third-order valence-electron chi connectivity index (χ3n) is 4.26. The highest BCUT2D eigenvalue weighted by Gasteiger charge is 2.35. The average molecular weight is 321 g/mol. The van der Waals surface area contributed by atoms with Crippen molar-refractivity contribution in [1.82, 2.24) is 4.90 Å². The predicted octanol–water partition coefficient (Wildman–Crippen LogP) is 2.03. The number of carbonyl (C=O) groups excluding carboxylic acids is 1. The van der Waals surface area contributed by atoms with Gasteiger partial charge in [-0.1, -0.05) is 12.1 Å². The van der Waals surface area contributed by atoms with E-state index in [0.717, 1.165) is 0 Å². The van der Waals surface area contributed by atoms with Gasteiger partial charge in [0.2, 0.25) is 5.91 Å². The van der Waals surface area contributed by atoms with Crippen molar-refractivity contribution in [2.24, 2.45) is 11.8 Å². The van der Waals surface area contributed by atoms with E-state index in [1.165, 1.54) is 0 Å². The van der Waals surface area contributed by atoms with Crippen molar-refractivity contribution in [2.45, 2.75) is 19.3 Å². The molecule has 0 spiro atoms. The molecule has 0 radical (unpaired) electrons. The number of amides is 1. The normalized spacial score (nSPS) is 20.1. The fourth-order valence-corrected chi connectivity index (χ4v) is 2.88. The van der Waals surface area contributed by atoms with Crippen molar-refractivity contribution in [2.75, 3.05) is 27.3 Å². The molecular formula is C17H23NO5. The number of rotatable bonds is 7. The van der Waals surface area contributed by atoms with Crippen LogP contribution in [0, 0.1) is 11.8 Å². The van der Waals surface area contributed by atoms with E-state index in [9.17, 15) is 9.59 Å². The van der Waals surface area contributed by atoms with Crippen LogP contribution in [-0.4, -0.2) is 49.2 Å². The summed E-state index contributed by atoms with van der Waals surface area (Å²) in [5.74, 6) is -0.0846. The van der Waals surface area contributed by atoms with Crippen LogP contribution < -0.4 is 9.47 Å². The molecule has 1 N–H and O–H groups in total. The van der Waals surface area contributed by atoms with E-state index >= 15 is 0 Å². The smallest absolute Gasteiger partial charge is 0.306 e. The summed E-state index contributed by atoms with van der Waals surface area (Å²) in [5, 5.41) is 9.01. The molecule has 0 aromatic heterocycles. The van der Waals surface area contributed by atoms with Gasteiger partial charge in [0.05, 0.1) is 19.6 Å². The number of carboxylic acids is 1. The minimum absolute atomic E-state index is 0.00243. The molecule has 126 valence electrons. The lowest BCUT2D eigenvalue weighted by atomic mass is 10.0. The number of methoxy groups -OCH3 is 1. The zero-order chi connectivity index (χ0) is 16.8. The molecule has 6 heteroatoms. The van der Waals surface area contributed by atoms with Crippen LogP contribution in [-0.2, 0) is 9.59 Å². The molecule has 1 aliphatic rings. The van der Waals surface area contributed by atoms with Gasteiger partial charge in [0.1, 0.15) is 6.61 Å². The zero-order valence-electron chi connectivity index (χ0n) is 13.5. The average Bonchev–Trinajstić information content (AvgIpc) is 3.04. The summed E-state index contributed by atoms with van der Waals surface area (Å²) in [4.78, 5) is 24.9. The van der Waals surface area contributed by atoms with E-state index in [1.807, 2.05) is 24.3 Å². The molecule has 1 saturated carbocycles. The van der Waals surface area contributed by atoms with Crippen LogP contribution in [0.1, 0.15) is 19.3 Å². The quantitative estimate of drug-likeness (QED) is 0.831. The molecule has 0 unspecified atom stereocenters. The van der Waals surface area contributed by atoms with Gasteiger partial charge >= 0.3 is 5.97 Å². The Balaban J connectivity index is 1.79. The van der Waals surface area contributed by atoms with Gasteiger partial charge in [-0.05, 0) is 31.4 Å². The number of carboxylic acid groups (broad SMARTS) is 1. The highest BCUT2D eigenvalue weighted by Crippen LogP contribution is 2.32. The number of para-hydroxylation sites is 2. The Labute approximate surface area is 136 Å². The Morgan fingerprint density at radius 3 is 2.48 bits per heavy atom. The second kappa shape index (κ2) is 7.85. The minimum atomic E-state index is -0.803. The van der Waals surface area contributed by atoms with Gasteiger partial charge in [-0.2, -0.15) is 0 Å². The first kappa shape index (κ1) is 17.1. The summed E-state index contributed by atoms with van der Waals surface area (Å²) in [5.41, 5.74) is 0. The Hall–Kier alpha value is -2.24. The van der Waals surface area contributed by atoms with Crippen LogP contribution >= 0.6 is 0 Å². The largest absolute Gasteiger partial charge is 0.493 e. The molecular weight excluding hydrogens is 298 g/mol. The Morgan fingerprint density at radius 2 is 1.87 bits per heavy atom. The van der Waals surface area contributed by atoms with Crippen LogP contribution in [0.5, 0.6) is 11.5 Å². The van der Waals surface area contributed by atoms with Gasteiger partial charge in [-0.15, -0.1) is 0 Å². The van der Waals surface area contributed by atoms with Gasteiger partial charge in [0, 0.05) is 13.0 Å². The number of carbonyl (C=O) groups is 2. The first-order chi connectivity index (χ1) is 11.0. The van der Waals surface area contributed by atoms with Gasteiger partial charge in [-0.3, -0.25) is 9.59 Å². The first-order valence-corrected chi connectivity index (χ1v) is 7.76. The van der Waals surface area contributed by atoms with Crippen molar-refractivity contribution >= 4 is 11.9 Å². The van der Waals surface area contributed by atoms with Crippen LogP contribution in [0.15, 0.2) is 24.3 Å². The summed E-state index contributed by atoms with van der Waals surface area (Å²) in [6.45, 7) is 0.808. The summed E-state index contributed by atoms with van der Waals surface area (Å²) >= 11 is 0. The number of hydrogen-bond donors (Lipinski definition) is 1. The SMILES string of the molecule is COc1ccccc1OCCN(C)C(=O)[C@@H]1CC[C@H](C(=O)O)C1. The third-order valence-corrected chi connectivity index (χ3v) is 4.26. The maximum absolute atomic E-state index is 12.3. The minimum Gasteiger partial charge on any atom is -0.493 e. The van der Waals surface area contributed by atoms with E-state index in [0.29, 0.717) is 43.9 Å². The summed E-state index contributed by atoms with van der Waals surface area (Å²) < 4.78 is 10.9. The number of benzene rings is 1. The Morgan fingerprint density at radius 1 is 1.22 bits per heavy atom. The molecule has 2 atom stereocenters. The Kier molecular flexibility index (Phi) is 5.84. The van der Waals surface area contributed by atoms with E-state index in [2.05, 4.69) is 0 Å². The molecule has 0 bridgehead atoms. The summed E-state index contributed by atoms with van der Waals surface area (Å²) in [6.07, 6.45) is 1.66. The molecule has 1 aromatic carbocycles. The number of ether oxygens (including phenoxy) is 2. The lowest BCUT2D eigenvalue weighted by molar-refractivity contribution is -0.141. The van der Waals surface area contributed by atoms with Crippen LogP contribution in [0.2, 0.25) is 0 Å². The van der Waals surface area contributed by atoms with Crippen LogP contribution in [0.25, 0.3) is 0 Å². The third kappa shape index (κ3) is 4.37. The standard InChI is InChI=1S/C17H23NO5/c1-18(16(19)12-7-8-13(11-12)17(20)21)9-10-23-15-6-4-3-5-14(15)22-2/h3-6,12-13H,7-11H2,1-2H3,(H,20,21)/t12-,13+/m1/s1. The van der Waals surface area contributed by atoms with E-state index < -0.39 is 5.97 Å². The van der Waals surface area contributed by atoms with Crippen molar-refractivity contribution in [3.05, 3.63) is 24.3 Å². The highest BCUT2D eigenvalue weighted by molar-refractivity contribution is 5.80. The maximum Gasteiger partial charge on any atom is 0.306 e. The van der Waals surface area contributed by atoms with Crippen LogP contribution in [0.4, 0.5) is 0 Å². The summed E-state index contributed by atoms with van der Waals surface area (Å²) in [7, 11) is 3.30. The van der Waals surface area contributed by atoms with Crippen molar-refractivity contribution < 1.29 is 24.2 Å². The second-order valence-corrected chi connectivity index (χ2v) is 5.80. The molecule has 1 aliphatic carbocycles. The number of aliphatic carboxylic acids is 1. The monoisotopic (exact) mass is 321 g/mol. The highest BCUT2D eigenvalue weighted by atomic mass is 16.5. The lowest BCUT2D eigenvalue weighted by Crippen LogP contribution is -2.35. The van der Waals surface area contributed by atoms with Crippen LogP contribution in [0.3, 0.4) is 0 Å². The molecule has 0 heterocycles. The topological polar surface area (TPSA) is 76.1 Å². The molecule has 23 heavy (non-hydrogen) atoms. The van der Waals surface area contributed by atoms with Gasteiger partial charge in [-0.25, -0.2) is 0 Å². The fraction of sp³-hybridized carbons (Fsp3) is 0.529.